The van der Waals surface area contributed by atoms with Crippen LogP contribution < -0.4 is 48.3 Å². The van der Waals surface area contributed by atoms with Gasteiger partial charge in [0.2, 0.25) is 0 Å². The molecule has 0 bridgehead atoms. The van der Waals surface area contributed by atoms with Gasteiger partial charge in [0.05, 0.1) is 58.4 Å². The van der Waals surface area contributed by atoms with Crippen LogP contribution in [0.2, 0.25) is 5.15 Å². The maximum atomic E-state index is 15.0. The number of aliphatic hydroxyl groups is 1. The van der Waals surface area contributed by atoms with Gasteiger partial charge in [0.15, 0.2) is 17.5 Å². The van der Waals surface area contributed by atoms with Gasteiger partial charge in [0.25, 0.3) is 17.8 Å². The van der Waals surface area contributed by atoms with E-state index < -0.39 is 108 Å². The van der Waals surface area contributed by atoms with Crippen LogP contribution in [0.5, 0.6) is 0 Å². The quantitative estimate of drug-likeness (QED) is 0.0374. The van der Waals surface area contributed by atoms with Crippen LogP contribution in [0.3, 0.4) is 0 Å². The molecule has 3 aliphatic carbocycles. The van der Waals surface area contributed by atoms with Crippen molar-refractivity contribution in [2.45, 2.75) is 83.2 Å². The Balaban J connectivity index is 0.000000211. The fourth-order valence-electron chi connectivity index (χ4n) is 10.5. The predicted molar refractivity (Wildman–Crippen MR) is 357 cm³/mol. The summed E-state index contributed by atoms with van der Waals surface area (Å²) in [6.45, 7) is 7.38. The minimum atomic E-state index is -4.07. The predicted octanol–water partition coefficient (Wildman–Crippen LogP) is 5.94. The number of benzene rings is 3. The molecule has 3 N–H and O–H groups in total. The first kappa shape index (κ1) is 83.5. The van der Waals surface area contributed by atoms with Crippen LogP contribution in [0.25, 0.3) is 22.5 Å². The molecule has 546 valence electrons. The molecule has 3 atom stereocenters. The van der Waals surface area contributed by atoms with E-state index in [1.807, 2.05) is 0 Å². The second kappa shape index (κ2) is 31.9. The number of halogens is 11. The number of anilines is 6. The summed E-state index contributed by atoms with van der Waals surface area (Å²) in [7, 11) is -10.0. The number of nitrogens with zero attached hydrogens (tertiary/aromatic N) is 9. The fourth-order valence-corrected chi connectivity index (χ4v) is 14.9. The number of aromatic nitrogens is 3. The van der Waals surface area contributed by atoms with Gasteiger partial charge in [0, 0.05) is 113 Å². The Morgan fingerprint density at radius 1 is 0.584 bits per heavy atom. The zero-order valence-corrected chi connectivity index (χ0v) is 61.6. The summed E-state index contributed by atoms with van der Waals surface area (Å²) in [5.41, 5.74) is -1.28. The van der Waals surface area contributed by atoms with Crippen molar-refractivity contribution in [2.24, 2.45) is 17.8 Å². The molecule has 3 aromatic heterocycles. The van der Waals surface area contributed by atoms with Gasteiger partial charge >= 0.3 is 72.7 Å². The smallest absolute Gasteiger partial charge is 1.00 e. The van der Waals surface area contributed by atoms with Crippen LogP contribution in [0.4, 0.5) is 74.0 Å². The van der Waals surface area contributed by atoms with E-state index in [4.69, 9.17) is 31.1 Å². The molecule has 3 aromatic carbocycles. The van der Waals surface area contributed by atoms with Gasteiger partial charge < -0.3 is 53.8 Å². The van der Waals surface area contributed by atoms with E-state index >= 15 is 0 Å². The molecule has 13 rings (SSSR count). The van der Waals surface area contributed by atoms with Crippen LogP contribution in [0.1, 0.15) is 86.1 Å². The first-order valence-electron chi connectivity index (χ1n) is 30.2. The average molecular weight is 1580 g/mol. The zero-order valence-electron chi connectivity index (χ0n) is 55.4. The Morgan fingerprint density at radius 2 is 0.931 bits per heavy atom. The molecule has 4 fully saturated rings. The van der Waals surface area contributed by atoms with Gasteiger partial charge in [0.1, 0.15) is 22.6 Å². The molecular weight excluding hydrogens is 1510 g/mol. The summed E-state index contributed by atoms with van der Waals surface area (Å²) < 4.78 is 218. The molecule has 101 heavy (non-hydrogen) atoms. The van der Waals surface area contributed by atoms with Crippen molar-refractivity contribution >= 4 is 124 Å². The summed E-state index contributed by atoms with van der Waals surface area (Å²) >= 11 is 5.72. The van der Waals surface area contributed by atoms with Gasteiger partial charge in [-0.25, -0.2) is 89.9 Å². The number of esters is 2. The van der Waals surface area contributed by atoms with Crippen LogP contribution in [0, 0.1) is 42.6 Å². The van der Waals surface area contributed by atoms with E-state index in [9.17, 15) is 79.5 Å². The number of carbonyl (C=O) groups excluding carboxylic acids is 2. The molecule has 3 unspecified atom stereocenters. The van der Waals surface area contributed by atoms with Gasteiger partial charge in [-0.1, -0.05) is 41.9 Å². The molecule has 0 spiro atoms. The minimum absolute atomic E-state index is 0. The number of ether oxygens (including phenoxy) is 3. The van der Waals surface area contributed by atoms with E-state index in [2.05, 4.69) is 19.7 Å². The standard InChI is InChI=1S/C19H18F3N3O4S.C19H20F3N3O3S.C10H10ClF2N3O2S.C9H10BFO4.C4H8O.CH3.BrH.Mg/c1-3-29-18(26)13-6-4-5-12(16(13)20)14-7-8-15-17(23-14)24(2)30(27,28)25(15)10-11-9-19(11,21)22;1-18(2,26)13-6-4-5-12(16(13)20)14-7-8-15-17(23-14)24(3)29(27,28)25(15)10-11-9-19(11,21)22;1-15-9-7(2-3-8(11)14-9)16(19(15,17)18)5-6-4-10(6,12)13;1-2-15-9(12)6-4-3-5-7(8(6)11)10(13)14;1-2-4-5-3-1;;;/h4-8,11H,3,9-10H2,1-2H3;4-8,11,26H,9-10H2,1-3H3;2-3,6H,4-5H2,1H3;3-5,13-14H,2H2,1H3;1-4H2;1H3;1H;/q;;;;;-1;;+2/p-1. The maximum absolute atomic E-state index is 15.0. The number of alkyl halides is 6. The SMILES string of the molecule is C1CCOC1.CCOC(=O)c1cccc(-c2ccc3c(n2)N(C)S(=O)(=O)N3CC2CC2(F)F)c1F.CCOC(=O)c1cccc(B(O)O)c1F.CN1c2nc(-c3cccc(C(C)(C)O)c3F)ccc2N(CC2CC2(F)F)S1(=O)=O.CN1c2nc(Cl)ccc2N(CC2CC2(F)F)S1(=O)=O.[Br-].[CH3-].[Mg+2]. The van der Waals surface area contributed by atoms with Gasteiger partial charge in [-0.15, -0.1) is 0 Å². The van der Waals surface area contributed by atoms with Crippen LogP contribution in [0.15, 0.2) is 91.0 Å². The first-order chi connectivity index (χ1) is 45.7. The number of hydrogen-bond acceptors (Lipinski definition) is 17. The molecule has 3 saturated carbocycles. The van der Waals surface area contributed by atoms with E-state index in [0.29, 0.717) is 0 Å². The molecule has 1 saturated heterocycles. The van der Waals surface area contributed by atoms with Crippen molar-refractivity contribution in [1.82, 2.24) is 15.0 Å². The topological polar surface area (TPSA) is 283 Å². The monoisotopic (exact) mass is 1580 g/mol. The second-order valence-electron chi connectivity index (χ2n) is 23.8. The second-order valence-corrected chi connectivity index (χ2v) is 29.8. The summed E-state index contributed by atoms with van der Waals surface area (Å²) in [4.78, 5) is 35.6. The Bertz CT molecular complexity index is 4410. The van der Waals surface area contributed by atoms with Crippen molar-refractivity contribution in [2.75, 3.05) is 93.0 Å². The Kier molecular flexibility index (Phi) is 26.3. The minimum Gasteiger partial charge on any atom is -1.00 e. The molecule has 6 aromatic rings. The van der Waals surface area contributed by atoms with E-state index in [-0.39, 0.29) is 184 Å². The summed E-state index contributed by atoms with van der Waals surface area (Å²) in [6, 6.07) is 21.0. The number of carbonyl (C=O) groups is 2. The van der Waals surface area contributed by atoms with Crippen molar-refractivity contribution in [3.05, 3.63) is 138 Å². The van der Waals surface area contributed by atoms with E-state index in [1.54, 1.807) is 19.9 Å². The molecular formula is C62H69BBrClF9MgN9O14S3. The zero-order chi connectivity index (χ0) is 72.2. The van der Waals surface area contributed by atoms with Crippen LogP contribution in [-0.4, -0.2) is 182 Å². The van der Waals surface area contributed by atoms with Gasteiger partial charge in [-0.05, 0) is 101 Å². The van der Waals surface area contributed by atoms with Crippen molar-refractivity contribution in [3.63, 3.8) is 0 Å². The summed E-state index contributed by atoms with van der Waals surface area (Å²) in [6.07, 6.45) is 1.56. The molecule has 4 aliphatic heterocycles. The Morgan fingerprint density at radius 3 is 1.28 bits per heavy atom. The van der Waals surface area contributed by atoms with Crippen molar-refractivity contribution in [3.8, 4) is 22.5 Å². The van der Waals surface area contributed by atoms with Gasteiger partial charge in [-0.3, -0.25) is 0 Å². The number of pyridine rings is 3. The number of rotatable bonds is 14. The third-order valence-electron chi connectivity index (χ3n) is 16.5. The summed E-state index contributed by atoms with van der Waals surface area (Å²) in [5, 5.41) is 27.9. The fraction of sp³-hybridized carbons (Fsp3) is 0.419. The van der Waals surface area contributed by atoms with Crippen LogP contribution >= 0.6 is 11.6 Å². The van der Waals surface area contributed by atoms with E-state index in [0.717, 1.165) is 39.0 Å². The normalized spacial score (nSPS) is 20.1. The molecule has 7 aliphatic rings. The third-order valence-corrected chi connectivity index (χ3v) is 22.0. The van der Waals surface area contributed by atoms with Crippen LogP contribution in [-0.2, 0) is 50.4 Å². The van der Waals surface area contributed by atoms with Gasteiger partial charge in [-0.2, -0.15) is 25.3 Å². The van der Waals surface area contributed by atoms with E-state index in [1.165, 1.54) is 133 Å². The van der Waals surface area contributed by atoms with Crippen molar-refractivity contribution < 1.29 is 121 Å². The largest absolute Gasteiger partial charge is 2.00 e. The first-order valence-corrected chi connectivity index (χ1v) is 34.8. The number of hydrogen-bond donors (Lipinski definition) is 3. The molecule has 0 radical (unpaired) electrons. The maximum Gasteiger partial charge on any atom is 2.00 e. The third kappa shape index (κ3) is 17.7. The number of fused-ring (bicyclic) bond motifs is 3. The Labute approximate surface area is 610 Å². The molecule has 7 heterocycles. The average Bonchev–Trinajstić information content (AvgIpc) is 1.59. The molecule has 23 nitrogen and oxygen atoms in total. The summed E-state index contributed by atoms with van der Waals surface area (Å²) in [5.74, 6) is -15.4. The molecule has 0 amide bonds. The molecule has 39 heteroatoms. The Hall–Kier alpha value is -6.49. The van der Waals surface area contributed by atoms with Crippen molar-refractivity contribution in [1.29, 1.82) is 0 Å².